The van der Waals surface area contributed by atoms with Crippen LogP contribution in [0.25, 0.3) is 22.2 Å². The van der Waals surface area contributed by atoms with Gasteiger partial charge in [0.05, 0.1) is 11.2 Å². The first-order valence-electron chi connectivity index (χ1n) is 6.16. The van der Waals surface area contributed by atoms with E-state index in [2.05, 4.69) is 54.4 Å². The first-order chi connectivity index (χ1) is 8.76. The summed E-state index contributed by atoms with van der Waals surface area (Å²) in [4.78, 5) is 4.42. The zero-order valence-electron chi connectivity index (χ0n) is 10.6. The highest BCUT2D eigenvalue weighted by atomic mass is 15.3. The van der Waals surface area contributed by atoms with Gasteiger partial charge in [-0.25, -0.2) is 0 Å². The molecule has 0 radical (unpaired) electrons. The van der Waals surface area contributed by atoms with Crippen molar-refractivity contribution >= 4 is 10.9 Å². The molecule has 0 saturated heterocycles. The van der Waals surface area contributed by atoms with Gasteiger partial charge in [-0.1, -0.05) is 6.07 Å². The van der Waals surface area contributed by atoms with Crippen molar-refractivity contribution in [2.24, 2.45) is 0 Å². The van der Waals surface area contributed by atoms with Gasteiger partial charge in [-0.15, -0.1) is 0 Å². The predicted octanol–water partition coefficient (Wildman–Crippen LogP) is 3.43. The van der Waals surface area contributed by atoms with Crippen LogP contribution in [0.15, 0.2) is 42.7 Å². The van der Waals surface area contributed by atoms with Gasteiger partial charge in [-0.3, -0.25) is 9.67 Å². The molecule has 0 atom stereocenters. The topological polar surface area (TPSA) is 30.7 Å². The molecule has 0 bridgehead atoms. The monoisotopic (exact) mass is 237 g/mol. The highest BCUT2D eigenvalue weighted by Gasteiger charge is 2.04. The summed E-state index contributed by atoms with van der Waals surface area (Å²) in [5, 5.41) is 5.64. The highest BCUT2D eigenvalue weighted by Crippen LogP contribution is 2.22. The number of benzene rings is 1. The quantitative estimate of drug-likeness (QED) is 0.683. The van der Waals surface area contributed by atoms with Crippen LogP contribution in [0.2, 0.25) is 0 Å². The normalized spacial score (nSPS) is 11.0. The largest absolute Gasteiger partial charge is 0.272 e. The van der Waals surface area contributed by atoms with Gasteiger partial charge in [0.2, 0.25) is 0 Å². The zero-order valence-corrected chi connectivity index (χ0v) is 10.6. The van der Waals surface area contributed by atoms with Gasteiger partial charge in [-0.05, 0) is 43.7 Å². The Bertz CT molecular complexity index is 698. The number of fused-ring (bicyclic) bond motifs is 1. The van der Waals surface area contributed by atoms with Crippen molar-refractivity contribution in [1.29, 1.82) is 0 Å². The van der Waals surface area contributed by atoms with E-state index < -0.39 is 0 Å². The lowest BCUT2D eigenvalue weighted by molar-refractivity contribution is 0.668. The molecule has 0 fully saturated rings. The number of aryl methyl sites for hydroxylation is 2. The fourth-order valence-electron chi connectivity index (χ4n) is 2.09. The molecule has 3 aromatic rings. The van der Waals surface area contributed by atoms with Crippen molar-refractivity contribution in [3.05, 3.63) is 48.3 Å². The van der Waals surface area contributed by atoms with Crippen molar-refractivity contribution < 1.29 is 0 Å². The summed E-state index contributed by atoms with van der Waals surface area (Å²) in [7, 11) is 0. The molecular formula is C15H15N3. The Morgan fingerprint density at radius 3 is 2.83 bits per heavy atom. The summed E-state index contributed by atoms with van der Waals surface area (Å²) in [5.74, 6) is 0. The fraction of sp³-hybridized carbons (Fsp3) is 0.200. The van der Waals surface area contributed by atoms with Gasteiger partial charge in [0.15, 0.2) is 0 Å². The minimum Gasteiger partial charge on any atom is -0.272 e. The van der Waals surface area contributed by atoms with E-state index in [9.17, 15) is 0 Å². The molecule has 0 saturated carbocycles. The molecule has 0 unspecified atom stereocenters. The van der Waals surface area contributed by atoms with Crippen LogP contribution in [0.3, 0.4) is 0 Å². The average Bonchev–Trinajstić information content (AvgIpc) is 2.80. The molecule has 3 rings (SSSR count). The van der Waals surface area contributed by atoms with Gasteiger partial charge >= 0.3 is 0 Å². The Hall–Kier alpha value is -2.16. The first kappa shape index (κ1) is 11.0. The Balaban J connectivity index is 2.12. The average molecular weight is 237 g/mol. The predicted molar refractivity (Wildman–Crippen MR) is 73.4 cm³/mol. The summed E-state index contributed by atoms with van der Waals surface area (Å²) >= 11 is 0. The van der Waals surface area contributed by atoms with E-state index in [1.807, 2.05) is 16.9 Å². The van der Waals surface area contributed by atoms with Crippen LogP contribution < -0.4 is 0 Å². The number of nitrogens with zero attached hydrogens (tertiary/aromatic N) is 3. The molecule has 1 aromatic carbocycles. The molecule has 0 amide bonds. The van der Waals surface area contributed by atoms with E-state index in [0.717, 1.165) is 28.7 Å². The number of pyridine rings is 1. The van der Waals surface area contributed by atoms with Crippen LogP contribution in [0.1, 0.15) is 12.5 Å². The summed E-state index contributed by atoms with van der Waals surface area (Å²) < 4.78 is 1.96. The van der Waals surface area contributed by atoms with Crippen LogP contribution in [0.5, 0.6) is 0 Å². The zero-order chi connectivity index (χ0) is 12.5. The van der Waals surface area contributed by atoms with E-state index in [4.69, 9.17) is 0 Å². The van der Waals surface area contributed by atoms with Crippen molar-refractivity contribution in [3.63, 3.8) is 0 Å². The van der Waals surface area contributed by atoms with Gasteiger partial charge in [-0.2, -0.15) is 5.10 Å². The molecular weight excluding hydrogens is 222 g/mol. The van der Waals surface area contributed by atoms with E-state index in [1.54, 1.807) is 0 Å². The van der Waals surface area contributed by atoms with Crippen LogP contribution in [-0.2, 0) is 6.54 Å². The van der Waals surface area contributed by atoms with Gasteiger partial charge in [0.25, 0.3) is 0 Å². The number of hydrogen-bond donors (Lipinski definition) is 0. The molecule has 3 nitrogen and oxygen atoms in total. The number of rotatable bonds is 2. The summed E-state index contributed by atoms with van der Waals surface area (Å²) in [6.07, 6.45) is 3.93. The third-order valence-corrected chi connectivity index (χ3v) is 3.09. The van der Waals surface area contributed by atoms with Gasteiger partial charge < -0.3 is 0 Å². The summed E-state index contributed by atoms with van der Waals surface area (Å²) in [5.41, 5.74) is 4.42. The van der Waals surface area contributed by atoms with Crippen molar-refractivity contribution in [3.8, 4) is 11.3 Å². The third kappa shape index (κ3) is 1.88. The van der Waals surface area contributed by atoms with Crippen LogP contribution >= 0.6 is 0 Å². The Labute approximate surface area is 106 Å². The standard InChI is InChI=1S/C15H15N3/c1-3-18-10-13-9-12(4-5-14(13)17-18)15-8-11(2)6-7-16-15/h4-10H,3H2,1-2H3. The second kappa shape index (κ2) is 4.26. The van der Waals surface area contributed by atoms with E-state index in [0.29, 0.717) is 0 Å². The molecule has 90 valence electrons. The summed E-state index contributed by atoms with van der Waals surface area (Å²) in [6.45, 7) is 5.07. The lowest BCUT2D eigenvalue weighted by Crippen LogP contribution is -1.92. The fourth-order valence-corrected chi connectivity index (χ4v) is 2.09. The SMILES string of the molecule is CCn1cc2cc(-c3cc(C)ccn3)ccc2n1. The molecule has 0 aliphatic carbocycles. The molecule has 18 heavy (non-hydrogen) atoms. The number of hydrogen-bond acceptors (Lipinski definition) is 2. The van der Waals surface area contributed by atoms with Crippen LogP contribution in [0.4, 0.5) is 0 Å². The third-order valence-electron chi connectivity index (χ3n) is 3.09. The first-order valence-corrected chi connectivity index (χ1v) is 6.16. The minimum absolute atomic E-state index is 0.896. The summed E-state index contributed by atoms with van der Waals surface area (Å²) in [6, 6.07) is 10.4. The van der Waals surface area contributed by atoms with Gasteiger partial charge in [0, 0.05) is 29.9 Å². The van der Waals surface area contributed by atoms with E-state index in [1.165, 1.54) is 5.56 Å². The second-order valence-electron chi connectivity index (χ2n) is 4.48. The molecule has 0 aliphatic heterocycles. The Morgan fingerprint density at radius 2 is 2.06 bits per heavy atom. The molecule has 2 heterocycles. The Kier molecular flexibility index (Phi) is 2.59. The smallest absolute Gasteiger partial charge is 0.0923 e. The Morgan fingerprint density at radius 1 is 1.17 bits per heavy atom. The molecule has 2 aromatic heterocycles. The lowest BCUT2D eigenvalue weighted by Gasteiger charge is -2.01. The maximum absolute atomic E-state index is 4.48. The van der Waals surface area contributed by atoms with Crippen molar-refractivity contribution in [1.82, 2.24) is 14.8 Å². The maximum atomic E-state index is 4.48. The van der Waals surface area contributed by atoms with Crippen molar-refractivity contribution in [2.45, 2.75) is 20.4 Å². The van der Waals surface area contributed by atoms with Crippen molar-refractivity contribution in [2.75, 3.05) is 0 Å². The van der Waals surface area contributed by atoms with E-state index in [-0.39, 0.29) is 0 Å². The molecule has 3 heteroatoms. The molecule has 0 aliphatic rings. The van der Waals surface area contributed by atoms with E-state index >= 15 is 0 Å². The number of aromatic nitrogens is 3. The van der Waals surface area contributed by atoms with Crippen LogP contribution in [0, 0.1) is 6.92 Å². The van der Waals surface area contributed by atoms with Crippen LogP contribution in [-0.4, -0.2) is 14.8 Å². The maximum Gasteiger partial charge on any atom is 0.0923 e. The molecule has 0 spiro atoms. The minimum atomic E-state index is 0.896. The molecule has 0 N–H and O–H groups in total. The van der Waals surface area contributed by atoms with Gasteiger partial charge in [0.1, 0.15) is 0 Å². The second-order valence-corrected chi connectivity index (χ2v) is 4.48. The lowest BCUT2D eigenvalue weighted by atomic mass is 10.1. The highest BCUT2D eigenvalue weighted by molar-refractivity contribution is 5.83.